The van der Waals surface area contributed by atoms with Crippen molar-refractivity contribution in [3.63, 3.8) is 0 Å². The maximum Gasteiger partial charge on any atom is 0.240 e. The molecule has 0 fully saturated rings. The molecule has 0 atom stereocenters. The van der Waals surface area contributed by atoms with Crippen molar-refractivity contribution in [2.45, 2.75) is 0 Å². The van der Waals surface area contributed by atoms with Gasteiger partial charge >= 0.3 is 0 Å². The van der Waals surface area contributed by atoms with Crippen LogP contribution in [0, 0.1) is 0 Å². The van der Waals surface area contributed by atoms with Crippen molar-refractivity contribution in [1.29, 1.82) is 0 Å². The second kappa shape index (κ2) is 5.11. The Labute approximate surface area is 102 Å². The normalized spacial score (nSPS) is 9.20. The van der Waals surface area contributed by atoms with Crippen LogP contribution in [0.4, 0.5) is 5.69 Å². The van der Waals surface area contributed by atoms with Crippen molar-refractivity contribution >= 4 is 53.0 Å². The van der Waals surface area contributed by atoms with Crippen LogP contribution < -0.4 is 0 Å². The van der Waals surface area contributed by atoms with Crippen molar-refractivity contribution in [1.82, 2.24) is 0 Å². The molecule has 0 bridgehead atoms. The van der Waals surface area contributed by atoms with Gasteiger partial charge in [0.25, 0.3) is 0 Å². The van der Waals surface area contributed by atoms with E-state index < -0.39 is 0 Å². The van der Waals surface area contributed by atoms with E-state index in [4.69, 9.17) is 0 Å². The highest BCUT2D eigenvalue weighted by Crippen LogP contribution is 2.20. The van der Waals surface area contributed by atoms with Crippen LogP contribution in [-0.4, -0.2) is 15.5 Å². The van der Waals surface area contributed by atoms with Crippen molar-refractivity contribution in [3.05, 3.63) is 29.3 Å². The molecule has 0 aliphatic heterocycles. The van der Waals surface area contributed by atoms with E-state index in [1.54, 1.807) is 0 Å². The molecule has 0 radical (unpaired) electrons. The third kappa shape index (κ3) is 3.20. The number of carbonyl (C=O) groups is 2. The molecule has 0 aliphatic carbocycles. The molecule has 1 aromatic rings. The van der Waals surface area contributed by atoms with E-state index in [0.717, 1.165) is 0 Å². The Hall–Kier alpha value is -1.10. The molecule has 0 aliphatic rings. The summed E-state index contributed by atoms with van der Waals surface area (Å²) < 4.78 is -0.777. The van der Waals surface area contributed by atoms with Crippen LogP contribution in [0.5, 0.6) is 0 Å². The summed E-state index contributed by atoms with van der Waals surface area (Å²) in [6.45, 7) is 0. The monoisotopic (exact) mass is 331 g/mol. The number of nitrogens with zero attached hydrogens (tertiary/aromatic N) is 1. The van der Waals surface area contributed by atoms with Crippen LogP contribution >= 0.6 is 31.9 Å². The van der Waals surface area contributed by atoms with Gasteiger partial charge in [0.1, 0.15) is 0 Å². The molecule has 0 N–H and O–H groups in total. The Balaban J connectivity index is 3.38. The predicted octanol–water partition coefficient (Wildman–Crippen LogP) is 2.72. The summed E-state index contributed by atoms with van der Waals surface area (Å²) in [6.07, 6.45) is 1.34. The molecule has 1 rings (SSSR count). The molecule has 1 aromatic carbocycles. The van der Waals surface area contributed by atoms with E-state index in [1.807, 2.05) is 0 Å². The molecule has 76 valence electrons. The van der Waals surface area contributed by atoms with E-state index >= 15 is 0 Å². The zero-order chi connectivity index (χ0) is 11.4. The van der Waals surface area contributed by atoms with Crippen molar-refractivity contribution in [2.75, 3.05) is 0 Å². The SMILES string of the molecule is O=C=Nc1cc(C(=O)Br)cc(C(=O)Br)c1. The molecule has 0 amide bonds. The van der Waals surface area contributed by atoms with Gasteiger partial charge in [0.05, 0.1) is 5.69 Å². The first kappa shape index (κ1) is 12.0. The van der Waals surface area contributed by atoms with Gasteiger partial charge in [-0.1, -0.05) is 0 Å². The molecule has 0 aromatic heterocycles. The summed E-state index contributed by atoms with van der Waals surface area (Å²) >= 11 is 5.49. The minimum absolute atomic E-state index is 0.207. The lowest BCUT2D eigenvalue weighted by Crippen LogP contribution is -1.94. The molecule has 15 heavy (non-hydrogen) atoms. The quantitative estimate of drug-likeness (QED) is 0.485. The highest BCUT2D eigenvalue weighted by atomic mass is 79.9. The van der Waals surface area contributed by atoms with E-state index in [0.29, 0.717) is 0 Å². The van der Waals surface area contributed by atoms with Gasteiger partial charge in [-0.05, 0) is 50.1 Å². The van der Waals surface area contributed by atoms with Gasteiger partial charge in [0.2, 0.25) is 15.5 Å². The molecular formula is C9H3Br2NO3. The summed E-state index contributed by atoms with van der Waals surface area (Å²) in [4.78, 5) is 35.4. The predicted molar refractivity (Wildman–Crippen MR) is 60.7 cm³/mol. The first-order valence-electron chi connectivity index (χ1n) is 3.67. The molecule has 0 unspecified atom stereocenters. The van der Waals surface area contributed by atoms with Gasteiger partial charge in [0.15, 0.2) is 0 Å². The molecule has 0 saturated carbocycles. The highest BCUT2D eigenvalue weighted by molar-refractivity contribution is 9.18. The van der Waals surface area contributed by atoms with Crippen LogP contribution in [0.1, 0.15) is 20.7 Å². The number of hydrogen-bond donors (Lipinski definition) is 0. The van der Waals surface area contributed by atoms with Crippen LogP contribution in [-0.2, 0) is 4.79 Å². The summed E-state index contributed by atoms with van der Waals surface area (Å²) in [7, 11) is 0. The maximum atomic E-state index is 11.0. The summed E-state index contributed by atoms with van der Waals surface area (Å²) in [5.74, 6) is 0. The van der Waals surface area contributed by atoms with Crippen molar-refractivity contribution in [3.8, 4) is 0 Å². The van der Waals surface area contributed by atoms with Crippen molar-refractivity contribution in [2.24, 2.45) is 4.99 Å². The summed E-state index contributed by atoms with van der Waals surface area (Å²) in [5.41, 5.74) is 0.696. The van der Waals surface area contributed by atoms with Crippen molar-refractivity contribution < 1.29 is 14.4 Å². The van der Waals surface area contributed by atoms with E-state index in [1.165, 1.54) is 24.3 Å². The minimum Gasteiger partial charge on any atom is -0.281 e. The lowest BCUT2D eigenvalue weighted by molar-refractivity contribution is 0.109. The topological polar surface area (TPSA) is 63.6 Å². The fourth-order valence-corrected chi connectivity index (χ4v) is 1.41. The average Bonchev–Trinajstić information content (AvgIpc) is 2.17. The van der Waals surface area contributed by atoms with Gasteiger partial charge in [-0.25, -0.2) is 4.79 Å². The number of hydrogen-bond acceptors (Lipinski definition) is 4. The van der Waals surface area contributed by atoms with E-state index in [2.05, 4.69) is 36.9 Å². The lowest BCUT2D eigenvalue weighted by Gasteiger charge is -1.99. The van der Waals surface area contributed by atoms with Gasteiger partial charge < -0.3 is 0 Å². The summed E-state index contributed by atoms with van der Waals surface area (Å²) in [6, 6.07) is 4.14. The number of rotatable bonds is 3. The van der Waals surface area contributed by atoms with Crippen LogP contribution in [0.15, 0.2) is 23.2 Å². The van der Waals surface area contributed by atoms with Crippen LogP contribution in [0.2, 0.25) is 0 Å². The number of benzene rings is 1. The average molecular weight is 333 g/mol. The standard InChI is InChI=1S/C9H3Br2NO3/c10-8(14)5-1-6(9(11)15)3-7(2-5)12-4-13/h1-3H. The van der Waals surface area contributed by atoms with Gasteiger partial charge in [-0.15, -0.1) is 0 Å². The third-order valence-corrected chi connectivity index (χ3v) is 2.46. The number of isocyanates is 1. The fourth-order valence-electron chi connectivity index (χ4n) is 0.955. The van der Waals surface area contributed by atoms with E-state index in [9.17, 15) is 14.4 Å². The Morgan fingerprint density at radius 1 is 1.07 bits per heavy atom. The second-order valence-electron chi connectivity index (χ2n) is 2.52. The van der Waals surface area contributed by atoms with Crippen LogP contribution in [0.25, 0.3) is 0 Å². The first-order chi connectivity index (χ1) is 7.04. The number of halogens is 2. The molecule has 4 nitrogen and oxygen atoms in total. The Morgan fingerprint density at radius 2 is 1.53 bits per heavy atom. The number of aliphatic imine (C=N–C) groups is 1. The molecular weight excluding hydrogens is 330 g/mol. The molecule has 0 spiro atoms. The van der Waals surface area contributed by atoms with E-state index in [-0.39, 0.29) is 26.2 Å². The fraction of sp³-hybridized carbons (Fsp3) is 0. The Morgan fingerprint density at radius 3 is 1.87 bits per heavy atom. The zero-order valence-corrected chi connectivity index (χ0v) is 10.3. The molecule has 6 heteroatoms. The Bertz CT molecular complexity index is 416. The Kier molecular flexibility index (Phi) is 4.08. The van der Waals surface area contributed by atoms with Crippen LogP contribution in [0.3, 0.4) is 0 Å². The minimum atomic E-state index is -0.388. The smallest absolute Gasteiger partial charge is 0.240 e. The first-order valence-corrected chi connectivity index (χ1v) is 5.26. The lowest BCUT2D eigenvalue weighted by atomic mass is 10.1. The highest BCUT2D eigenvalue weighted by Gasteiger charge is 2.09. The van der Waals surface area contributed by atoms with Gasteiger partial charge in [-0.3, -0.25) is 9.59 Å². The molecule has 0 heterocycles. The number of carbonyl (C=O) groups excluding carboxylic acids is 3. The molecule has 0 saturated heterocycles. The third-order valence-electron chi connectivity index (χ3n) is 1.55. The largest absolute Gasteiger partial charge is 0.281 e. The maximum absolute atomic E-state index is 11.0. The zero-order valence-electron chi connectivity index (χ0n) is 7.16. The van der Waals surface area contributed by atoms with Gasteiger partial charge in [0, 0.05) is 11.1 Å². The second-order valence-corrected chi connectivity index (χ2v) is 3.96. The van der Waals surface area contributed by atoms with Gasteiger partial charge in [-0.2, -0.15) is 4.99 Å². The summed E-state index contributed by atoms with van der Waals surface area (Å²) in [5, 5.41) is 0.